The topological polar surface area (TPSA) is 151 Å². The maximum absolute atomic E-state index is 13.8. The highest BCUT2D eigenvalue weighted by Crippen LogP contribution is 2.39. The number of rotatable bonds is 14. The third kappa shape index (κ3) is 7.26. The molecule has 14 heteroatoms. The fraction of sp³-hybridized carbons (Fsp3) is 0.267. The van der Waals surface area contributed by atoms with Crippen LogP contribution in [-0.2, 0) is 23.2 Å². The molecule has 0 atom stereocenters. The Kier molecular flexibility index (Phi) is 10.1. The molecule has 0 spiro atoms. The Morgan fingerprint density at radius 2 is 1.61 bits per heavy atom. The van der Waals surface area contributed by atoms with Crippen LogP contribution in [0.3, 0.4) is 0 Å². The van der Waals surface area contributed by atoms with Crippen LogP contribution in [0, 0.1) is 0 Å². The molecule has 0 amide bonds. The summed E-state index contributed by atoms with van der Waals surface area (Å²) in [4.78, 5) is 26.8. The molecule has 232 valence electrons. The first kappa shape index (κ1) is 31.8. The van der Waals surface area contributed by atoms with Crippen LogP contribution in [-0.4, -0.2) is 70.9 Å². The lowest BCUT2D eigenvalue weighted by Crippen LogP contribution is -2.25. The monoisotopic (exact) mass is 623 g/mol. The van der Waals surface area contributed by atoms with Gasteiger partial charge in [-0.15, -0.1) is 0 Å². The Labute approximate surface area is 255 Å². The number of benzene rings is 2. The predicted molar refractivity (Wildman–Crippen MR) is 164 cm³/mol. The smallest absolute Gasteiger partial charge is 0.318 e. The van der Waals surface area contributed by atoms with Crippen LogP contribution in [0.1, 0.15) is 27.2 Å². The fourth-order valence-electron chi connectivity index (χ4n) is 4.18. The van der Waals surface area contributed by atoms with Gasteiger partial charge in [0.15, 0.2) is 17.3 Å². The van der Waals surface area contributed by atoms with Crippen LogP contribution in [0.5, 0.6) is 29.0 Å². The highest BCUT2D eigenvalue weighted by atomic mass is 32.2. The van der Waals surface area contributed by atoms with E-state index in [2.05, 4.69) is 20.3 Å². The van der Waals surface area contributed by atoms with Crippen LogP contribution >= 0.6 is 0 Å². The average Bonchev–Trinajstić information content (AvgIpc) is 3.04. The summed E-state index contributed by atoms with van der Waals surface area (Å²) in [6.45, 7) is 0.279. The van der Waals surface area contributed by atoms with Crippen molar-refractivity contribution in [2.24, 2.45) is 0 Å². The molecule has 0 aliphatic heterocycles. The number of aromatic nitrogens is 3. The van der Waals surface area contributed by atoms with Crippen molar-refractivity contribution < 1.29 is 36.9 Å². The highest BCUT2D eigenvalue weighted by Gasteiger charge is 2.23. The lowest BCUT2D eigenvalue weighted by Gasteiger charge is -2.20. The SMILES string of the molecule is COc1ccc(CNc2nc(OCc3ccccn3)ncc2C(=O)c2cc(OC)c(OC)c(OC)c2)cc1N(C)S(C)(=O)=O. The van der Waals surface area contributed by atoms with E-state index in [1.165, 1.54) is 53.8 Å². The number of hydrogen-bond acceptors (Lipinski definition) is 12. The lowest BCUT2D eigenvalue weighted by atomic mass is 10.0. The summed E-state index contributed by atoms with van der Waals surface area (Å²) in [7, 11) is 3.73. The number of pyridine rings is 1. The quantitative estimate of drug-likeness (QED) is 0.204. The Hall–Kier alpha value is -5.11. The summed E-state index contributed by atoms with van der Waals surface area (Å²) in [5.74, 6) is 1.10. The van der Waals surface area contributed by atoms with E-state index in [-0.39, 0.29) is 36.1 Å². The normalized spacial score (nSPS) is 11.0. The molecule has 0 bridgehead atoms. The zero-order valence-electron chi connectivity index (χ0n) is 25.2. The van der Waals surface area contributed by atoms with Crippen molar-refractivity contribution in [3.05, 3.63) is 83.3 Å². The standard InChI is InChI=1S/C30H33N5O8S/c1-35(44(6,37)38)23-13-19(10-11-24(23)39-2)16-32-29-22(17-33-30(34-29)43-18-21-9-7-8-12-31-21)27(36)20-14-25(40-3)28(42-5)26(15-20)41-4/h7-15,17H,16,18H2,1-6H3,(H,32,33,34). The van der Waals surface area contributed by atoms with E-state index in [1.807, 2.05) is 6.07 Å². The summed E-state index contributed by atoms with van der Waals surface area (Å²) < 4.78 is 53.0. The van der Waals surface area contributed by atoms with Crippen molar-refractivity contribution in [3.63, 3.8) is 0 Å². The molecule has 1 N–H and O–H groups in total. The molecule has 4 rings (SSSR count). The van der Waals surface area contributed by atoms with Crippen LogP contribution in [0.25, 0.3) is 0 Å². The number of ether oxygens (including phenoxy) is 5. The number of anilines is 2. The van der Waals surface area contributed by atoms with Gasteiger partial charge in [0.25, 0.3) is 0 Å². The molecule has 0 saturated carbocycles. The number of carbonyl (C=O) groups is 1. The largest absolute Gasteiger partial charge is 0.495 e. The Morgan fingerprint density at radius 1 is 0.909 bits per heavy atom. The van der Waals surface area contributed by atoms with Gasteiger partial charge in [0, 0.05) is 31.5 Å². The molecule has 0 unspecified atom stereocenters. The third-order valence-corrected chi connectivity index (χ3v) is 7.75. The first-order chi connectivity index (χ1) is 21.1. The van der Waals surface area contributed by atoms with Crippen molar-refractivity contribution in [2.45, 2.75) is 13.2 Å². The summed E-state index contributed by atoms with van der Waals surface area (Å²) in [5, 5.41) is 3.18. The van der Waals surface area contributed by atoms with E-state index in [1.54, 1.807) is 36.5 Å². The lowest BCUT2D eigenvalue weighted by molar-refractivity contribution is 0.103. The second-order valence-electron chi connectivity index (χ2n) is 9.36. The average molecular weight is 624 g/mol. The fourth-order valence-corrected chi connectivity index (χ4v) is 4.68. The Bertz CT molecular complexity index is 1710. The summed E-state index contributed by atoms with van der Waals surface area (Å²) in [6.07, 6.45) is 4.12. The minimum absolute atomic E-state index is 0.0202. The van der Waals surface area contributed by atoms with E-state index in [9.17, 15) is 13.2 Å². The number of nitrogens with zero attached hydrogens (tertiary/aromatic N) is 4. The van der Waals surface area contributed by atoms with Crippen LogP contribution in [0.2, 0.25) is 0 Å². The first-order valence-electron chi connectivity index (χ1n) is 13.2. The Morgan fingerprint density at radius 3 is 2.20 bits per heavy atom. The molecular formula is C30H33N5O8S. The number of carbonyl (C=O) groups excluding carboxylic acids is 1. The van der Waals surface area contributed by atoms with Gasteiger partial charge in [0.1, 0.15) is 18.2 Å². The second kappa shape index (κ2) is 13.9. The van der Waals surface area contributed by atoms with Crippen LogP contribution in [0.15, 0.2) is 60.9 Å². The van der Waals surface area contributed by atoms with Gasteiger partial charge in [-0.3, -0.25) is 14.1 Å². The maximum atomic E-state index is 13.8. The molecule has 13 nitrogen and oxygen atoms in total. The van der Waals surface area contributed by atoms with E-state index >= 15 is 0 Å². The van der Waals surface area contributed by atoms with E-state index in [4.69, 9.17) is 23.7 Å². The van der Waals surface area contributed by atoms with Crippen molar-refractivity contribution in [3.8, 4) is 29.0 Å². The molecule has 44 heavy (non-hydrogen) atoms. The van der Waals surface area contributed by atoms with Crippen molar-refractivity contribution in [2.75, 3.05) is 51.4 Å². The molecule has 4 aromatic rings. The number of nitrogens with one attached hydrogen (secondary N) is 1. The zero-order valence-corrected chi connectivity index (χ0v) is 26.0. The molecule has 2 heterocycles. The van der Waals surface area contributed by atoms with Gasteiger partial charge in [-0.2, -0.15) is 4.98 Å². The molecule has 0 aliphatic carbocycles. The summed E-state index contributed by atoms with van der Waals surface area (Å²) in [5.41, 5.74) is 2.10. The van der Waals surface area contributed by atoms with Crippen molar-refractivity contribution in [1.29, 1.82) is 0 Å². The predicted octanol–water partition coefficient (Wildman–Crippen LogP) is 3.72. The first-order valence-corrected chi connectivity index (χ1v) is 15.0. The maximum Gasteiger partial charge on any atom is 0.318 e. The van der Waals surface area contributed by atoms with E-state index in [0.29, 0.717) is 39.9 Å². The molecule has 0 saturated heterocycles. The highest BCUT2D eigenvalue weighted by molar-refractivity contribution is 7.92. The summed E-state index contributed by atoms with van der Waals surface area (Å²) >= 11 is 0. The molecule has 2 aromatic carbocycles. The van der Waals surface area contributed by atoms with Gasteiger partial charge in [-0.25, -0.2) is 13.4 Å². The van der Waals surface area contributed by atoms with Crippen molar-refractivity contribution in [1.82, 2.24) is 15.0 Å². The minimum Gasteiger partial charge on any atom is -0.495 e. The minimum atomic E-state index is -3.56. The van der Waals surface area contributed by atoms with Gasteiger partial charge in [0.05, 0.1) is 51.6 Å². The molecule has 0 fully saturated rings. The number of sulfonamides is 1. The van der Waals surface area contributed by atoms with E-state index < -0.39 is 15.8 Å². The number of methoxy groups -OCH3 is 4. The van der Waals surface area contributed by atoms with E-state index in [0.717, 1.165) is 10.6 Å². The zero-order chi connectivity index (χ0) is 31.9. The Balaban J connectivity index is 1.71. The molecule has 0 aliphatic rings. The van der Waals surface area contributed by atoms with Gasteiger partial charge in [-0.1, -0.05) is 12.1 Å². The van der Waals surface area contributed by atoms with Gasteiger partial charge in [0.2, 0.25) is 15.8 Å². The molecule has 0 radical (unpaired) electrons. The van der Waals surface area contributed by atoms with Crippen LogP contribution < -0.4 is 33.3 Å². The van der Waals surface area contributed by atoms with Crippen molar-refractivity contribution >= 4 is 27.3 Å². The number of hydrogen-bond donors (Lipinski definition) is 1. The van der Waals surface area contributed by atoms with Crippen LogP contribution in [0.4, 0.5) is 11.5 Å². The third-order valence-electron chi connectivity index (χ3n) is 6.55. The second-order valence-corrected chi connectivity index (χ2v) is 11.4. The van der Waals surface area contributed by atoms with Gasteiger partial charge >= 0.3 is 6.01 Å². The molecular weight excluding hydrogens is 590 g/mol. The number of ketones is 1. The summed E-state index contributed by atoms with van der Waals surface area (Å²) in [6, 6.07) is 13.6. The van der Waals surface area contributed by atoms with Gasteiger partial charge < -0.3 is 29.0 Å². The van der Waals surface area contributed by atoms with Gasteiger partial charge in [-0.05, 0) is 42.0 Å². The molecule has 2 aromatic heterocycles.